The number of hydrogen-bond donors (Lipinski definition) is 0. The van der Waals surface area contributed by atoms with Gasteiger partial charge in [0.05, 0.1) is 0 Å². The third-order valence-electron chi connectivity index (χ3n) is 2.33. The van der Waals surface area contributed by atoms with E-state index >= 15 is 0 Å². The van der Waals surface area contributed by atoms with Crippen LogP contribution in [0.4, 0.5) is 0 Å². The maximum Gasteiger partial charge on any atom is 0.0500 e. The second-order valence-corrected chi connectivity index (χ2v) is 3.74. The molecule has 15 heavy (non-hydrogen) atoms. The fourth-order valence-electron chi connectivity index (χ4n) is 1.44. The van der Waals surface area contributed by atoms with Gasteiger partial charge in [-0.1, -0.05) is 31.1 Å². The summed E-state index contributed by atoms with van der Waals surface area (Å²) in [5.41, 5.74) is 0. The first-order valence-corrected chi connectivity index (χ1v) is 6.25. The average molecular weight is 210 g/mol. The Morgan fingerprint density at radius 1 is 0.933 bits per heavy atom. The van der Waals surface area contributed by atoms with Crippen LogP contribution in [0.3, 0.4) is 0 Å². The molecule has 0 aromatic carbocycles. The molecule has 0 aromatic rings. The van der Waals surface area contributed by atoms with Gasteiger partial charge in [-0.3, -0.25) is 0 Å². The molecule has 0 aromatic heterocycles. The molecule has 1 heteroatoms. The van der Waals surface area contributed by atoms with Gasteiger partial charge in [0, 0.05) is 13.2 Å². The molecule has 0 unspecified atom stereocenters. The van der Waals surface area contributed by atoms with Gasteiger partial charge in [0.1, 0.15) is 0 Å². The first kappa shape index (κ1) is 14.4. The van der Waals surface area contributed by atoms with E-state index in [2.05, 4.69) is 18.7 Å². The zero-order valence-electron chi connectivity index (χ0n) is 10.2. The highest BCUT2D eigenvalue weighted by molar-refractivity contribution is 4.81. The molecule has 1 nitrogen and oxygen atoms in total. The van der Waals surface area contributed by atoms with E-state index in [1.165, 1.54) is 38.5 Å². The summed E-state index contributed by atoms with van der Waals surface area (Å²) in [6.45, 7) is 7.45. The normalized spacial score (nSPS) is 11.0. The molecule has 0 heterocycles. The minimum absolute atomic E-state index is 0.830. The van der Waals surface area contributed by atoms with Gasteiger partial charge in [0.15, 0.2) is 0 Å². The van der Waals surface area contributed by atoms with E-state index in [1.54, 1.807) is 0 Å². The molecular formula is C14H26O. The molecule has 0 bridgehead atoms. The summed E-state index contributed by atoms with van der Waals surface area (Å²) < 4.78 is 5.24. The average Bonchev–Trinajstić information content (AvgIpc) is 2.26. The van der Waals surface area contributed by atoms with Crippen LogP contribution < -0.4 is 0 Å². The molecule has 0 N–H and O–H groups in total. The third-order valence-corrected chi connectivity index (χ3v) is 2.33. The minimum Gasteiger partial charge on any atom is -0.381 e. The van der Waals surface area contributed by atoms with E-state index in [4.69, 9.17) is 4.74 Å². The highest BCUT2D eigenvalue weighted by Crippen LogP contribution is 2.06. The number of allylic oxidation sites excluding steroid dienone is 2. The van der Waals surface area contributed by atoms with Crippen molar-refractivity contribution in [3.05, 3.63) is 24.8 Å². The van der Waals surface area contributed by atoms with Crippen LogP contribution in [0.25, 0.3) is 0 Å². The van der Waals surface area contributed by atoms with Crippen LogP contribution in [-0.2, 0) is 4.74 Å². The predicted octanol–water partition coefficient (Wildman–Crippen LogP) is 4.50. The van der Waals surface area contributed by atoms with E-state index < -0.39 is 0 Å². The SMILES string of the molecule is C=CCCCCCCC=CCCOCC. The van der Waals surface area contributed by atoms with E-state index in [0.29, 0.717) is 0 Å². The van der Waals surface area contributed by atoms with Crippen molar-refractivity contribution in [3.63, 3.8) is 0 Å². The lowest BCUT2D eigenvalue weighted by atomic mass is 10.1. The lowest BCUT2D eigenvalue weighted by Gasteiger charge is -1.97. The van der Waals surface area contributed by atoms with Crippen molar-refractivity contribution < 1.29 is 4.74 Å². The maximum atomic E-state index is 5.24. The van der Waals surface area contributed by atoms with Crippen LogP contribution in [0.15, 0.2) is 24.8 Å². The summed E-state index contributed by atoms with van der Waals surface area (Å²) in [5, 5.41) is 0. The van der Waals surface area contributed by atoms with Gasteiger partial charge in [-0.15, -0.1) is 6.58 Å². The van der Waals surface area contributed by atoms with Crippen molar-refractivity contribution in [1.82, 2.24) is 0 Å². The molecule has 0 aliphatic carbocycles. The molecule has 0 radical (unpaired) electrons. The van der Waals surface area contributed by atoms with Gasteiger partial charge in [-0.25, -0.2) is 0 Å². The maximum absolute atomic E-state index is 5.24. The topological polar surface area (TPSA) is 9.23 Å². The van der Waals surface area contributed by atoms with Crippen molar-refractivity contribution in [3.8, 4) is 0 Å². The van der Waals surface area contributed by atoms with Gasteiger partial charge in [0.2, 0.25) is 0 Å². The first-order chi connectivity index (χ1) is 7.41. The lowest BCUT2D eigenvalue weighted by Crippen LogP contribution is -1.90. The molecule has 88 valence electrons. The minimum atomic E-state index is 0.830. The molecule has 0 spiro atoms. The lowest BCUT2D eigenvalue weighted by molar-refractivity contribution is 0.152. The zero-order chi connectivity index (χ0) is 11.2. The summed E-state index contributed by atoms with van der Waals surface area (Å²) in [7, 11) is 0. The summed E-state index contributed by atoms with van der Waals surface area (Å²) >= 11 is 0. The smallest absolute Gasteiger partial charge is 0.0500 e. The van der Waals surface area contributed by atoms with Crippen LogP contribution in [0.5, 0.6) is 0 Å². The second-order valence-electron chi connectivity index (χ2n) is 3.74. The van der Waals surface area contributed by atoms with Gasteiger partial charge >= 0.3 is 0 Å². The van der Waals surface area contributed by atoms with Gasteiger partial charge in [0.25, 0.3) is 0 Å². The fourth-order valence-corrected chi connectivity index (χ4v) is 1.44. The number of unbranched alkanes of at least 4 members (excludes halogenated alkanes) is 5. The molecule has 0 rings (SSSR count). The quantitative estimate of drug-likeness (QED) is 0.360. The Morgan fingerprint density at radius 3 is 2.27 bits per heavy atom. The van der Waals surface area contributed by atoms with Gasteiger partial charge in [-0.2, -0.15) is 0 Å². The van der Waals surface area contributed by atoms with E-state index in [0.717, 1.165) is 19.6 Å². The van der Waals surface area contributed by atoms with Crippen LogP contribution >= 0.6 is 0 Å². The van der Waals surface area contributed by atoms with Crippen molar-refractivity contribution >= 4 is 0 Å². The summed E-state index contributed by atoms with van der Waals surface area (Å²) in [6.07, 6.45) is 15.3. The van der Waals surface area contributed by atoms with E-state index in [1.807, 2.05) is 13.0 Å². The molecule has 0 fully saturated rings. The second kappa shape index (κ2) is 13.4. The van der Waals surface area contributed by atoms with Crippen molar-refractivity contribution in [2.45, 2.75) is 51.9 Å². The molecule has 0 saturated carbocycles. The van der Waals surface area contributed by atoms with Crippen molar-refractivity contribution in [1.29, 1.82) is 0 Å². The zero-order valence-corrected chi connectivity index (χ0v) is 10.2. The number of rotatable bonds is 11. The number of hydrogen-bond acceptors (Lipinski definition) is 1. The number of ether oxygens (including phenoxy) is 1. The summed E-state index contributed by atoms with van der Waals surface area (Å²) in [6, 6.07) is 0. The molecule has 0 aliphatic heterocycles. The molecule has 0 amide bonds. The van der Waals surface area contributed by atoms with Crippen LogP contribution in [0, 0.1) is 0 Å². The Bertz CT molecular complexity index is 149. The van der Waals surface area contributed by atoms with Crippen LogP contribution in [0.2, 0.25) is 0 Å². The Hall–Kier alpha value is -0.560. The van der Waals surface area contributed by atoms with Crippen molar-refractivity contribution in [2.24, 2.45) is 0 Å². The Labute approximate surface area is 95.2 Å². The highest BCUT2D eigenvalue weighted by atomic mass is 16.5. The van der Waals surface area contributed by atoms with Crippen molar-refractivity contribution in [2.75, 3.05) is 13.2 Å². The Morgan fingerprint density at radius 2 is 1.60 bits per heavy atom. The van der Waals surface area contributed by atoms with Crippen LogP contribution in [-0.4, -0.2) is 13.2 Å². The summed E-state index contributed by atoms with van der Waals surface area (Å²) in [5.74, 6) is 0. The predicted molar refractivity (Wildman–Crippen MR) is 68.1 cm³/mol. The standard InChI is InChI=1S/C14H26O/c1-3-5-6-7-8-9-10-11-12-13-14-15-4-2/h3,11-12H,1,4-10,13-14H2,2H3. The van der Waals surface area contributed by atoms with E-state index in [-0.39, 0.29) is 0 Å². The molecule has 0 saturated heterocycles. The van der Waals surface area contributed by atoms with Gasteiger partial charge < -0.3 is 4.74 Å². The first-order valence-electron chi connectivity index (χ1n) is 6.25. The Kier molecular flexibility index (Phi) is 12.9. The fraction of sp³-hybridized carbons (Fsp3) is 0.714. The molecular weight excluding hydrogens is 184 g/mol. The Balaban J connectivity index is 2.99. The van der Waals surface area contributed by atoms with Crippen LogP contribution in [0.1, 0.15) is 51.9 Å². The summed E-state index contributed by atoms with van der Waals surface area (Å²) in [4.78, 5) is 0. The molecule has 0 aliphatic rings. The van der Waals surface area contributed by atoms with Gasteiger partial charge in [-0.05, 0) is 39.0 Å². The monoisotopic (exact) mass is 210 g/mol. The third kappa shape index (κ3) is 13.4. The van der Waals surface area contributed by atoms with E-state index in [9.17, 15) is 0 Å². The molecule has 0 atom stereocenters. The largest absolute Gasteiger partial charge is 0.381 e. The highest BCUT2D eigenvalue weighted by Gasteiger charge is 1.87.